The van der Waals surface area contributed by atoms with Crippen molar-refractivity contribution in [1.29, 1.82) is 0 Å². The monoisotopic (exact) mass is 431 g/mol. The first kappa shape index (κ1) is 21.4. The van der Waals surface area contributed by atoms with Crippen LogP contribution in [0.4, 0.5) is 10.5 Å². The summed E-state index contributed by atoms with van der Waals surface area (Å²) in [5, 5.41) is 8.80. The van der Waals surface area contributed by atoms with E-state index in [1.807, 2.05) is 42.5 Å². The van der Waals surface area contributed by atoms with Gasteiger partial charge in [-0.05, 0) is 47.5 Å². The largest absolute Gasteiger partial charge is 0.497 e. The number of carbonyl (C=O) groups excluding carboxylic acids is 2. The SMILES string of the molecule is COc1ccc(NC(=O)N[C@H]2CNC[C@@H]2OC(=O)c2ccc(-c3ccccc3)cc2)cc1. The summed E-state index contributed by atoms with van der Waals surface area (Å²) in [6.07, 6.45) is -0.460. The van der Waals surface area contributed by atoms with E-state index in [9.17, 15) is 9.59 Å². The number of ether oxygens (including phenoxy) is 2. The maximum absolute atomic E-state index is 12.6. The third-order valence-electron chi connectivity index (χ3n) is 5.31. The number of rotatable bonds is 6. The van der Waals surface area contributed by atoms with Crippen LogP contribution in [0.2, 0.25) is 0 Å². The Kier molecular flexibility index (Phi) is 6.67. The average molecular weight is 431 g/mol. The topological polar surface area (TPSA) is 88.7 Å². The van der Waals surface area contributed by atoms with Crippen LogP contribution in [0, 0.1) is 0 Å². The molecule has 0 aliphatic carbocycles. The average Bonchev–Trinajstić information content (AvgIpc) is 3.26. The third-order valence-corrected chi connectivity index (χ3v) is 5.31. The lowest BCUT2D eigenvalue weighted by Gasteiger charge is -2.21. The van der Waals surface area contributed by atoms with Crippen molar-refractivity contribution >= 4 is 17.7 Å². The maximum Gasteiger partial charge on any atom is 0.338 e. The molecule has 7 heteroatoms. The number of hydrogen-bond acceptors (Lipinski definition) is 5. The summed E-state index contributed by atoms with van der Waals surface area (Å²) in [5.41, 5.74) is 3.22. The van der Waals surface area contributed by atoms with E-state index < -0.39 is 12.1 Å². The van der Waals surface area contributed by atoms with Crippen molar-refractivity contribution in [2.24, 2.45) is 0 Å². The van der Waals surface area contributed by atoms with Gasteiger partial charge in [-0.3, -0.25) is 0 Å². The molecule has 0 aromatic heterocycles. The van der Waals surface area contributed by atoms with Crippen LogP contribution in [0.5, 0.6) is 5.75 Å². The van der Waals surface area contributed by atoms with Crippen LogP contribution in [-0.4, -0.2) is 44.3 Å². The molecule has 164 valence electrons. The summed E-state index contributed by atoms with van der Waals surface area (Å²) >= 11 is 0. The molecule has 7 nitrogen and oxygen atoms in total. The van der Waals surface area contributed by atoms with Crippen molar-refractivity contribution in [3.63, 3.8) is 0 Å². The Bertz CT molecular complexity index is 1050. The number of amides is 2. The highest BCUT2D eigenvalue weighted by Gasteiger charge is 2.32. The summed E-state index contributed by atoms with van der Waals surface area (Å²) in [7, 11) is 1.58. The minimum atomic E-state index is -0.460. The Labute approximate surface area is 186 Å². The van der Waals surface area contributed by atoms with Gasteiger partial charge in [0.05, 0.1) is 18.7 Å². The van der Waals surface area contributed by atoms with Crippen LogP contribution in [-0.2, 0) is 4.74 Å². The number of nitrogens with one attached hydrogen (secondary N) is 3. The standard InChI is InChI=1S/C25H25N3O4/c1-31-21-13-11-20(12-14-21)27-25(30)28-22-15-26-16-23(22)32-24(29)19-9-7-18(8-10-19)17-5-3-2-4-6-17/h2-14,22-23,26H,15-16H2,1H3,(H2,27,28,30)/t22-,23-/m0/s1. The fourth-order valence-corrected chi connectivity index (χ4v) is 3.57. The van der Waals surface area contributed by atoms with Gasteiger partial charge in [-0.2, -0.15) is 0 Å². The van der Waals surface area contributed by atoms with Gasteiger partial charge >= 0.3 is 12.0 Å². The van der Waals surface area contributed by atoms with E-state index in [-0.39, 0.29) is 12.1 Å². The van der Waals surface area contributed by atoms with Crippen LogP contribution < -0.4 is 20.7 Å². The normalized spacial score (nSPS) is 17.4. The molecule has 1 aliphatic rings. The van der Waals surface area contributed by atoms with E-state index >= 15 is 0 Å². The number of urea groups is 1. The molecule has 0 bridgehead atoms. The number of carbonyl (C=O) groups is 2. The highest BCUT2D eigenvalue weighted by atomic mass is 16.5. The second-order valence-corrected chi connectivity index (χ2v) is 7.48. The molecule has 2 atom stereocenters. The van der Waals surface area contributed by atoms with Crippen molar-refractivity contribution in [2.45, 2.75) is 12.1 Å². The molecule has 0 spiro atoms. The van der Waals surface area contributed by atoms with Crippen LogP contribution in [0.1, 0.15) is 10.4 Å². The summed E-state index contributed by atoms with van der Waals surface area (Å²) < 4.78 is 10.8. The van der Waals surface area contributed by atoms with E-state index in [0.29, 0.717) is 30.1 Å². The first-order valence-corrected chi connectivity index (χ1v) is 10.4. The molecular formula is C25H25N3O4. The van der Waals surface area contributed by atoms with Crippen LogP contribution in [0.3, 0.4) is 0 Å². The molecule has 0 saturated carbocycles. The van der Waals surface area contributed by atoms with Crippen molar-refractivity contribution in [3.8, 4) is 16.9 Å². The molecule has 4 rings (SSSR count). The van der Waals surface area contributed by atoms with E-state index in [2.05, 4.69) is 16.0 Å². The smallest absolute Gasteiger partial charge is 0.338 e. The van der Waals surface area contributed by atoms with Crippen molar-refractivity contribution in [3.05, 3.63) is 84.4 Å². The molecule has 0 radical (unpaired) electrons. The van der Waals surface area contributed by atoms with Gasteiger partial charge in [0.1, 0.15) is 11.9 Å². The molecule has 2 amide bonds. The fourth-order valence-electron chi connectivity index (χ4n) is 3.57. The molecule has 1 aliphatic heterocycles. The molecule has 3 N–H and O–H groups in total. The molecular weight excluding hydrogens is 406 g/mol. The number of benzene rings is 3. The molecule has 1 fully saturated rings. The van der Waals surface area contributed by atoms with Crippen molar-refractivity contribution < 1.29 is 19.1 Å². The van der Waals surface area contributed by atoms with Gasteiger partial charge in [0, 0.05) is 18.8 Å². The van der Waals surface area contributed by atoms with Gasteiger partial charge in [-0.15, -0.1) is 0 Å². The third kappa shape index (κ3) is 5.25. The van der Waals surface area contributed by atoms with Gasteiger partial charge < -0.3 is 25.4 Å². The molecule has 1 heterocycles. The van der Waals surface area contributed by atoms with Gasteiger partial charge in [0.2, 0.25) is 0 Å². The predicted octanol–water partition coefficient (Wildman–Crippen LogP) is 3.68. The summed E-state index contributed by atoms with van der Waals surface area (Å²) in [5.74, 6) is 0.292. The number of hydrogen-bond donors (Lipinski definition) is 3. The fraction of sp³-hybridized carbons (Fsp3) is 0.200. The minimum absolute atomic E-state index is 0.333. The Morgan fingerprint density at radius 3 is 2.25 bits per heavy atom. The molecule has 1 saturated heterocycles. The molecule has 3 aromatic carbocycles. The first-order chi connectivity index (χ1) is 15.6. The molecule has 3 aromatic rings. The Hall–Kier alpha value is -3.84. The van der Waals surface area contributed by atoms with E-state index in [4.69, 9.17) is 9.47 Å². The maximum atomic E-state index is 12.6. The van der Waals surface area contributed by atoms with Gasteiger partial charge in [0.15, 0.2) is 0 Å². The summed E-state index contributed by atoms with van der Waals surface area (Å²) in [6.45, 7) is 0.988. The highest BCUT2D eigenvalue weighted by Crippen LogP contribution is 2.20. The highest BCUT2D eigenvalue weighted by molar-refractivity contribution is 5.91. The lowest BCUT2D eigenvalue weighted by atomic mass is 10.0. The number of methoxy groups -OCH3 is 1. The summed E-state index contributed by atoms with van der Waals surface area (Å²) in [4.78, 5) is 25.0. The Balaban J connectivity index is 1.33. The van der Waals surface area contributed by atoms with Gasteiger partial charge in [0.25, 0.3) is 0 Å². The molecule has 0 unspecified atom stereocenters. The van der Waals surface area contributed by atoms with Crippen LogP contribution in [0.15, 0.2) is 78.9 Å². The summed E-state index contributed by atoms with van der Waals surface area (Å²) in [6, 6.07) is 23.6. The number of esters is 1. The second kappa shape index (κ2) is 9.98. The Morgan fingerprint density at radius 2 is 1.56 bits per heavy atom. The first-order valence-electron chi connectivity index (χ1n) is 10.4. The van der Waals surface area contributed by atoms with Crippen LogP contribution >= 0.6 is 0 Å². The van der Waals surface area contributed by atoms with Crippen LogP contribution in [0.25, 0.3) is 11.1 Å². The van der Waals surface area contributed by atoms with E-state index in [1.54, 1.807) is 43.5 Å². The van der Waals surface area contributed by atoms with Crippen molar-refractivity contribution in [2.75, 3.05) is 25.5 Å². The lowest BCUT2D eigenvalue weighted by molar-refractivity contribution is 0.0296. The molecule has 32 heavy (non-hydrogen) atoms. The van der Waals surface area contributed by atoms with E-state index in [1.165, 1.54) is 0 Å². The minimum Gasteiger partial charge on any atom is -0.497 e. The second-order valence-electron chi connectivity index (χ2n) is 7.48. The quantitative estimate of drug-likeness (QED) is 0.518. The van der Waals surface area contributed by atoms with Crippen molar-refractivity contribution in [1.82, 2.24) is 10.6 Å². The zero-order valence-corrected chi connectivity index (χ0v) is 17.7. The lowest BCUT2D eigenvalue weighted by Crippen LogP contribution is -2.46. The number of anilines is 1. The Morgan fingerprint density at radius 1 is 0.875 bits per heavy atom. The van der Waals surface area contributed by atoms with Gasteiger partial charge in [-0.1, -0.05) is 42.5 Å². The zero-order valence-electron chi connectivity index (χ0n) is 17.7. The van der Waals surface area contributed by atoms with Gasteiger partial charge in [-0.25, -0.2) is 9.59 Å². The predicted molar refractivity (Wildman–Crippen MR) is 123 cm³/mol. The zero-order chi connectivity index (χ0) is 22.3. The van der Waals surface area contributed by atoms with E-state index in [0.717, 1.165) is 11.1 Å².